The predicted octanol–water partition coefficient (Wildman–Crippen LogP) is 3.73. The number of hydrogen-bond acceptors (Lipinski definition) is 5. The van der Waals surface area contributed by atoms with Crippen LogP contribution in [0.3, 0.4) is 0 Å². The molecule has 2 aromatic rings. The first-order valence-corrected chi connectivity index (χ1v) is 8.69. The summed E-state index contributed by atoms with van der Waals surface area (Å²) < 4.78 is 11.5. The summed E-state index contributed by atoms with van der Waals surface area (Å²) in [5.74, 6) is 1.71. The number of benzene rings is 1. The SMILES string of the molecule is CCC1CNc2cc3c(cc2N1Cc1cccs1)OCCO3. The number of fused-ring (bicyclic) bond motifs is 2. The van der Waals surface area contributed by atoms with E-state index in [-0.39, 0.29) is 0 Å². The zero-order chi connectivity index (χ0) is 14.9. The Hall–Kier alpha value is -1.88. The maximum atomic E-state index is 5.77. The van der Waals surface area contributed by atoms with Gasteiger partial charge in [0.25, 0.3) is 0 Å². The second kappa shape index (κ2) is 5.72. The van der Waals surface area contributed by atoms with Gasteiger partial charge in [0.05, 0.1) is 17.9 Å². The summed E-state index contributed by atoms with van der Waals surface area (Å²) in [5.41, 5.74) is 2.36. The Balaban J connectivity index is 1.73. The lowest BCUT2D eigenvalue weighted by molar-refractivity contribution is 0.171. The molecule has 4 nitrogen and oxygen atoms in total. The van der Waals surface area contributed by atoms with Crippen molar-refractivity contribution in [2.24, 2.45) is 0 Å². The van der Waals surface area contributed by atoms with E-state index in [4.69, 9.17) is 9.47 Å². The summed E-state index contributed by atoms with van der Waals surface area (Å²) in [5, 5.41) is 5.69. The van der Waals surface area contributed by atoms with Gasteiger partial charge in [-0.05, 0) is 17.9 Å². The Morgan fingerprint density at radius 2 is 2.09 bits per heavy atom. The number of anilines is 2. The van der Waals surface area contributed by atoms with Crippen molar-refractivity contribution in [3.8, 4) is 11.5 Å². The number of hydrogen-bond donors (Lipinski definition) is 1. The van der Waals surface area contributed by atoms with Gasteiger partial charge in [-0.15, -0.1) is 11.3 Å². The molecule has 0 saturated heterocycles. The Kier molecular flexibility index (Phi) is 3.58. The maximum Gasteiger partial charge on any atom is 0.163 e. The fraction of sp³-hybridized carbons (Fsp3) is 0.412. The van der Waals surface area contributed by atoms with Gasteiger partial charge < -0.3 is 19.7 Å². The molecular weight excluding hydrogens is 296 g/mol. The van der Waals surface area contributed by atoms with Crippen LogP contribution in [0.4, 0.5) is 11.4 Å². The van der Waals surface area contributed by atoms with Gasteiger partial charge in [0, 0.05) is 29.6 Å². The summed E-state index contributed by atoms with van der Waals surface area (Å²) >= 11 is 1.81. The molecule has 0 bridgehead atoms. The second-order valence-electron chi connectivity index (χ2n) is 5.66. The van der Waals surface area contributed by atoms with E-state index in [1.165, 1.54) is 10.6 Å². The van der Waals surface area contributed by atoms with Crippen LogP contribution in [-0.4, -0.2) is 25.8 Å². The fourth-order valence-electron chi connectivity index (χ4n) is 3.14. The van der Waals surface area contributed by atoms with Crippen molar-refractivity contribution in [3.05, 3.63) is 34.5 Å². The van der Waals surface area contributed by atoms with Crippen LogP contribution in [0.2, 0.25) is 0 Å². The molecule has 5 heteroatoms. The van der Waals surface area contributed by atoms with Crippen LogP contribution >= 0.6 is 11.3 Å². The first-order chi connectivity index (χ1) is 10.8. The number of ether oxygens (including phenoxy) is 2. The molecular formula is C17H20N2O2S. The number of nitrogens with zero attached hydrogens (tertiary/aromatic N) is 1. The van der Waals surface area contributed by atoms with Crippen LogP contribution in [0.5, 0.6) is 11.5 Å². The first kappa shape index (κ1) is 13.8. The molecule has 3 heterocycles. The van der Waals surface area contributed by atoms with Gasteiger partial charge in [-0.25, -0.2) is 0 Å². The Morgan fingerprint density at radius 1 is 1.27 bits per heavy atom. The molecule has 0 amide bonds. The first-order valence-electron chi connectivity index (χ1n) is 7.81. The number of thiophene rings is 1. The molecule has 1 N–H and O–H groups in total. The van der Waals surface area contributed by atoms with Crippen molar-refractivity contribution in [2.45, 2.75) is 25.9 Å². The highest BCUT2D eigenvalue weighted by atomic mass is 32.1. The zero-order valence-corrected chi connectivity index (χ0v) is 13.5. The molecule has 1 aromatic carbocycles. The third-order valence-electron chi connectivity index (χ3n) is 4.32. The average Bonchev–Trinajstić information content (AvgIpc) is 3.06. The number of rotatable bonds is 3. The molecule has 0 saturated carbocycles. The number of nitrogens with one attached hydrogen (secondary N) is 1. The van der Waals surface area contributed by atoms with Crippen LogP contribution < -0.4 is 19.7 Å². The van der Waals surface area contributed by atoms with Crippen LogP contribution in [0.15, 0.2) is 29.6 Å². The third-order valence-corrected chi connectivity index (χ3v) is 5.18. The van der Waals surface area contributed by atoms with Crippen molar-refractivity contribution in [1.29, 1.82) is 0 Å². The summed E-state index contributed by atoms with van der Waals surface area (Å²) in [6.07, 6.45) is 1.12. The Labute approximate surface area is 134 Å². The highest BCUT2D eigenvalue weighted by molar-refractivity contribution is 7.09. The minimum absolute atomic E-state index is 0.497. The molecule has 0 radical (unpaired) electrons. The molecule has 0 aliphatic carbocycles. The Bertz CT molecular complexity index is 657. The smallest absolute Gasteiger partial charge is 0.163 e. The van der Waals surface area contributed by atoms with Gasteiger partial charge >= 0.3 is 0 Å². The van der Waals surface area contributed by atoms with Crippen LogP contribution in [-0.2, 0) is 6.54 Å². The van der Waals surface area contributed by atoms with Crippen LogP contribution in [0.1, 0.15) is 18.2 Å². The summed E-state index contributed by atoms with van der Waals surface area (Å²) in [6.45, 7) is 5.42. The van der Waals surface area contributed by atoms with E-state index in [1.54, 1.807) is 0 Å². The topological polar surface area (TPSA) is 33.7 Å². The van der Waals surface area contributed by atoms with Gasteiger partial charge in [-0.3, -0.25) is 0 Å². The summed E-state index contributed by atoms with van der Waals surface area (Å²) in [4.78, 5) is 3.89. The van der Waals surface area contributed by atoms with E-state index >= 15 is 0 Å². The fourth-order valence-corrected chi connectivity index (χ4v) is 3.84. The lowest BCUT2D eigenvalue weighted by Crippen LogP contribution is -2.43. The molecule has 1 atom stereocenters. The normalized spacial score (nSPS) is 19.5. The molecule has 22 heavy (non-hydrogen) atoms. The van der Waals surface area contributed by atoms with E-state index in [1.807, 2.05) is 11.3 Å². The second-order valence-corrected chi connectivity index (χ2v) is 6.70. The molecule has 2 aliphatic rings. The van der Waals surface area contributed by atoms with Crippen molar-refractivity contribution >= 4 is 22.7 Å². The molecule has 1 unspecified atom stereocenters. The van der Waals surface area contributed by atoms with Gasteiger partial charge in [0.1, 0.15) is 13.2 Å². The van der Waals surface area contributed by atoms with E-state index in [0.717, 1.165) is 36.7 Å². The largest absolute Gasteiger partial charge is 0.486 e. The van der Waals surface area contributed by atoms with Crippen LogP contribution in [0, 0.1) is 0 Å². The minimum Gasteiger partial charge on any atom is -0.486 e. The standard InChI is InChI=1S/C17H20N2O2S/c1-2-12-10-18-14-8-16-17(21-6-5-20-16)9-15(14)19(12)11-13-4-3-7-22-13/h3-4,7-9,12,18H,2,5-6,10-11H2,1H3. The summed E-state index contributed by atoms with van der Waals surface area (Å²) in [6, 6.07) is 9.03. The molecule has 2 aliphatic heterocycles. The zero-order valence-electron chi connectivity index (χ0n) is 12.7. The van der Waals surface area contributed by atoms with Crippen molar-refractivity contribution in [3.63, 3.8) is 0 Å². The average molecular weight is 316 g/mol. The van der Waals surface area contributed by atoms with Crippen LogP contribution in [0.25, 0.3) is 0 Å². The van der Waals surface area contributed by atoms with E-state index in [0.29, 0.717) is 19.3 Å². The predicted molar refractivity (Wildman–Crippen MR) is 90.5 cm³/mol. The Morgan fingerprint density at radius 3 is 2.82 bits per heavy atom. The van der Waals surface area contributed by atoms with Gasteiger partial charge in [0.2, 0.25) is 0 Å². The minimum atomic E-state index is 0.497. The van der Waals surface area contributed by atoms with E-state index in [2.05, 4.69) is 46.8 Å². The molecule has 0 spiro atoms. The van der Waals surface area contributed by atoms with Gasteiger partial charge in [0.15, 0.2) is 11.5 Å². The highest BCUT2D eigenvalue weighted by Gasteiger charge is 2.28. The van der Waals surface area contributed by atoms with E-state index < -0.39 is 0 Å². The summed E-state index contributed by atoms with van der Waals surface area (Å²) in [7, 11) is 0. The maximum absolute atomic E-state index is 5.77. The molecule has 1 aromatic heterocycles. The quantitative estimate of drug-likeness (QED) is 0.935. The van der Waals surface area contributed by atoms with Gasteiger partial charge in [-0.2, -0.15) is 0 Å². The molecule has 116 valence electrons. The van der Waals surface area contributed by atoms with Crippen molar-refractivity contribution < 1.29 is 9.47 Å². The lowest BCUT2D eigenvalue weighted by atomic mass is 10.1. The third kappa shape index (κ3) is 2.39. The molecule has 4 rings (SSSR count). The molecule has 0 fully saturated rings. The monoisotopic (exact) mass is 316 g/mol. The van der Waals surface area contributed by atoms with Crippen molar-refractivity contribution in [1.82, 2.24) is 0 Å². The lowest BCUT2D eigenvalue weighted by Gasteiger charge is -2.39. The highest BCUT2D eigenvalue weighted by Crippen LogP contribution is 2.43. The van der Waals surface area contributed by atoms with Crippen molar-refractivity contribution in [2.75, 3.05) is 30.0 Å². The van der Waals surface area contributed by atoms with E-state index in [9.17, 15) is 0 Å². The van der Waals surface area contributed by atoms with Gasteiger partial charge in [-0.1, -0.05) is 13.0 Å².